The van der Waals surface area contributed by atoms with Gasteiger partial charge in [0.2, 0.25) is 6.10 Å². The van der Waals surface area contributed by atoms with Crippen molar-refractivity contribution in [2.45, 2.75) is 6.10 Å². The summed E-state index contributed by atoms with van der Waals surface area (Å²) in [6, 6.07) is 11.7. The molecule has 2 aromatic rings. The van der Waals surface area contributed by atoms with Gasteiger partial charge in [-0.15, -0.1) is 11.3 Å². The van der Waals surface area contributed by atoms with Gasteiger partial charge in [0.1, 0.15) is 0 Å². The van der Waals surface area contributed by atoms with Gasteiger partial charge >= 0.3 is 11.9 Å². The fourth-order valence-electron chi connectivity index (χ4n) is 1.42. The first kappa shape index (κ1) is 12.3. The third kappa shape index (κ3) is 2.75. The molecule has 0 saturated carbocycles. The van der Waals surface area contributed by atoms with E-state index in [0.29, 0.717) is 10.4 Å². The number of thiophene rings is 1. The smallest absolute Gasteiger partial charge is 0.350 e. The Morgan fingerprint density at radius 1 is 1.11 bits per heavy atom. The molecule has 1 aromatic carbocycles. The number of rotatable bonds is 4. The van der Waals surface area contributed by atoms with Gasteiger partial charge in [0.15, 0.2) is 0 Å². The molecule has 1 unspecified atom stereocenters. The van der Waals surface area contributed by atoms with Gasteiger partial charge in [-0.1, -0.05) is 24.3 Å². The van der Waals surface area contributed by atoms with Crippen molar-refractivity contribution in [1.82, 2.24) is 0 Å². The van der Waals surface area contributed by atoms with Crippen molar-refractivity contribution in [3.8, 4) is 0 Å². The summed E-state index contributed by atoms with van der Waals surface area (Å²) < 4.78 is 5.01. The van der Waals surface area contributed by atoms with E-state index in [1.54, 1.807) is 47.8 Å². The Morgan fingerprint density at radius 2 is 1.83 bits per heavy atom. The number of carbonyl (C=O) groups is 2. The van der Waals surface area contributed by atoms with Gasteiger partial charge in [-0.3, -0.25) is 0 Å². The van der Waals surface area contributed by atoms with Crippen LogP contribution in [0, 0.1) is 0 Å². The van der Waals surface area contributed by atoms with Crippen molar-refractivity contribution in [1.29, 1.82) is 0 Å². The Hall–Kier alpha value is -2.14. The molecule has 92 valence electrons. The normalized spacial score (nSPS) is 11.8. The van der Waals surface area contributed by atoms with Gasteiger partial charge in [-0.25, -0.2) is 9.59 Å². The van der Waals surface area contributed by atoms with Gasteiger partial charge in [-0.05, 0) is 23.6 Å². The number of carboxylic acid groups (broad SMARTS) is 1. The molecule has 0 radical (unpaired) electrons. The second-order valence-electron chi connectivity index (χ2n) is 3.51. The number of hydrogen-bond acceptors (Lipinski definition) is 4. The Balaban J connectivity index is 2.16. The van der Waals surface area contributed by atoms with E-state index in [9.17, 15) is 9.59 Å². The SMILES string of the molecule is O=C(OC(C(=O)O)c1cccs1)c1ccccc1. The van der Waals surface area contributed by atoms with Crippen LogP contribution in [0.3, 0.4) is 0 Å². The zero-order chi connectivity index (χ0) is 13.0. The maximum Gasteiger partial charge on any atom is 0.350 e. The van der Waals surface area contributed by atoms with E-state index in [-0.39, 0.29) is 0 Å². The van der Waals surface area contributed by atoms with Crippen LogP contribution in [-0.4, -0.2) is 17.0 Å². The van der Waals surface area contributed by atoms with Gasteiger partial charge in [0, 0.05) is 0 Å². The Morgan fingerprint density at radius 3 is 2.39 bits per heavy atom. The lowest BCUT2D eigenvalue weighted by Crippen LogP contribution is -2.18. The third-order valence-corrected chi connectivity index (χ3v) is 3.18. The maximum absolute atomic E-state index is 11.8. The predicted molar refractivity (Wildman–Crippen MR) is 66.6 cm³/mol. The van der Waals surface area contributed by atoms with Crippen LogP contribution >= 0.6 is 11.3 Å². The molecule has 18 heavy (non-hydrogen) atoms. The zero-order valence-corrected chi connectivity index (χ0v) is 10.1. The second kappa shape index (κ2) is 5.46. The van der Waals surface area contributed by atoms with Gasteiger partial charge in [0.25, 0.3) is 0 Å². The van der Waals surface area contributed by atoms with E-state index in [0.717, 1.165) is 0 Å². The van der Waals surface area contributed by atoms with Crippen molar-refractivity contribution in [2.75, 3.05) is 0 Å². The molecule has 0 aliphatic rings. The fourth-order valence-corrected chi connectivity index (χ4v) is 2.16. The van der Waals surface area contributed by atoms with Crippen molar-refractivity contribution in [2.24, 2.45) is 0 Å². The van der Waals surface area contributed by atoms with E-state index >= 15 is 0 Å². The minimum absolute atomic E-state index is 0.334. The lowest BCUT2D eigenvalue weighted by Gasteiger charge is -2.11. The van der Waals surface area contributed by atoms with Crippen molar-refractivity contribution >= 4 is 23.3 Å². The van der Waals surface area contributed by atoms with E-state index in [1.807, 2.05) is 0 Å². The van der Waals surface area contributed by atoms with Gasteiger partial charge in [-0.2, -0.15) is 0 Å². The number of aliphatic carboxylic acids is 1. The van der Waals surface area contributed by atoms with Crippen molar-refractivity contribution < 1.29 is 19.4 Å². The molecule has 4 nitrogen and oxygen atoms in total. The molecule has 0 fully saturated rings. The van der Waals surface area contributed by atoms with Crippen LogP contribution in [0.4, 0.5) is 0 Å². The first-order valence-corrected chi connectivity index (χ1v) is 6.08. The molecule has 0 saturated heterocycles. The minimum atomic E-state index is -1.25. The molecular weight excluding hydrogens is 252 g/mol. The molecule has 1 heterocycles. The number of carboxylic acids is 1. The molecule has 1 aromatic heterocycles. The summed E-state index contributed by atoms with van der Waals surface area (Å²) in [5.74, 6) is -1.82. The number of ether oxygens (including phenoxy) is 1. The van der Waals surface area contributed by atoms with Crippen LogP contribution < -0.4 is 0 Å². The second-order valence-corrected chi connectivity index (χ2v) is 4.48. The Bertz CT molecular complexity index is 533. The highest BCUT2D eigenvalue weighted by atomic mass is 32.1. The van der Waals surface area contributed by atoms with E-state index < -0.39 is 18.0 Å². The Kier molecular flexibility index (Phi) is 3.74. The first-order valence-electron chi connectivity index (χ1n) is 5.20. The van der Waals surface area contributed by atoms with E-state index in [2.05, 4.69) is 0 Å². The first-order chi connectivity index (χ1) is 8.68. The van der Waals surface area contributed by atoms with E-state index in [1.165, 1.54) is 11.3 Å². The quantitative estimate of drug-likeness (QED) is 0.860. The van der Waals surface area contributed by atoms with Crippen LogP contribution in [0.5, 0.6) is 0 Å². The van der Waals surface area contributed by atoms with Crippen LogP contribution in [-0.2, 0) is 9.53 Å². The molecule has 2 rings (SSSR count). The summed E-state index contributed by atoms with van der Waals surface area (Å²) >= 11 is 1.24. The highest BCUT2D eigenvalue weighted by Crippen LogP contribution is 2.24. The van der Waals surface area contributed by atoms with Crippen LogP contribution in [0.1, 0.15) is 21.3 Å². The summed E-state index contributed by atoms with van der Waals surface area (Å²) in [6.07, 6.45) is -1.25. The molecule has 0 spiro atoms. The predicted octanol–water partition coefficient (Wildman–Crippen LogP) is 2.73. The van der Waals surface area contributed by atoms with E-state index in [4.69, 9.17) is 9.84 Å². The number of carbonyl (C=O) groups excluding carboxylic acids is 1. The van der Waals surface area contributed by atoms with Crippen LogP contribution in [0.25, 0.3) is 0 Å². The molecule has 1 atom stereocenters. The standard InChI is InChI=1S/C13H10O4S/c14-12(15)11(10-7-4-8-18-10)17-13(16)9-5-2-1-3-6-9/h1-8,11H,(H,14,15). The molecule has 1 N–H and O–H groups in total. The van der Waals surface area contributed by atoms with Crippen molar-refractivity contribution in [3.63, 3.8) is 0 Å². The topological polar surface area (TPSA) is 63.6 Å². The largest absolute Gasteiger partial charge is 0.478 e. The molecule has 0 amide bonds. The molecular formula is C13H10O4S. The molecule has 0 aliphatic heterocycles. The number of benzene rings is 1. The Labute approximate surface area is 107 Å². The summed E-state index contributed by atoms with van der Waals surface area (Å²) in [4.78, 5) is 23.4. The summed E-state index contributed by atoms with van der Waals surface area (Å²) in [5, 5.41) is 10.8. The van der Waals surface area contributed by atoms with Crippen LogP contribution in [0.15, 0.2) is 47.8 Å². The summed E-state index contributed by atoms with van der Waals surface area (Å²) in [5.41, 5.74) is 0.334. The number of hydrogen-bond donors (Lipinski definition) is 1. The minimum Gasteiger partial charge on any atom is -0.478 e. The maximum atomic E-state index is 11.8. The zero-order valence-electron chi connectivity index (χ0n) is 9.28. The fraction of sp³-hybridized carbons (Fsp3) is 0.0769. The summed E-state index contributed by atoms with van der Waals surface area (Å²) in [6.45, 7) is 0. The highest BCUT2D eigenvalue weighted by molar-refractivity contribution is 7.10. The monoisotopic (exact) mass is 262 g/mol. The summed E-state index contributed by atoms with van der Waals surface area (Å²) in [7, 11) is 0. The third-order valence-electron chi connectivity index (χ3n) is 2.26. The van der Waals surface area contributed by atoms with Gasteiger partial charge < -0.3 is 9.84 Å². The average molecular weight is 262 g/mol. The number of esters is 1. The lowest BCUT2D eigenvalue weighted by atomic mass is 10.2. The molecule has 5 heteroatoms. The highest BCUT2D eigenvalue weighted by Gasteiger charge is 2.25. The van der Waals surface area contributed by atoms with Gasteiger partial charge in [0.05, 0.1) is 10.4 Å². The average Bonchev–Trinajstić information content (AvgIpc) is 2.90. The lowest BCUT2D eigenvalue weighted by molar-refractivity contribution is -0.147. The molecule has 0 aliphatic carbocycles. The van der Waals surface area contributed by atoms with Crippen LogP contribution in [0.2, 0.25) is 0 Å². The molecule has 0 bridgehead atoms. The van der Waals surface area contributed by atoms with Crippen molar-refractivity contribution in [3.05, 3.63) is 58.3 Å².